The van der Waals surface area contributed by atoms with E-state index >= 15 is 0 Å². The summed E-state index contributed by atoms with van der Waals surface area (Å²) in [4.78, 5) is 33.4. The number of pyridine rings is 1. The van der Waals surface area contributed by atoms with Gasteiger partial charge >= 0.3 is 0 Å². The van der Waals surface area contributed by atoms with Gasteiger partial charge in [-0.1, -0.05) is 54.8 Å². The van der Waals surface area contributed by atoms with E-state index in [1.54, 1.807) is 30.6 Å². The third kappa shape index (κ3) is 5.82. The van der Waals surface area contributed by atoms with E-state index in [0.29, 0.717) is 11.1 Å². The largest absolute Gasteiger partial charge is 0.351 e. The van der Waals surface area contributed by atoms with Crippen LogP contribution in [0.15, 0.2) is 73.1 Å². The van der Waals surface area contributed by atoms with Crippen LogP contribution in [0.3, 0.4) is 0 Å². The highest BCUT2D eigenvalue weighted by molar-refractivity contribution is 5.89. The fourth-order valence-corrected chi connectivity index (χ4v) is 4.91. The van der Waals surface area contributed by atoms with E-state index in [1.165, 1.54) is 21.7 Å². The normalized spacial score (nSPS) is 14.8. The second kappa shape index (κ2) is 11.3. The lowest BCUT2D eigenvalue weighted by atomic mass is 9.94. The summed E-state index contributed by atoms with van der Waals surface area (Å²) in [6, 6.07) is 15.9. The third-order valence-corrected chi connectivity index (χ3v) is 6.80. The number of para-hydroxylation sites is 1. The molecule has 8 nitrogen and oxygen atoms in total. The highest BCUT2D eigenvalue weighted by Crippen LogP contribution is 2.26. The summed E-state index contributed by atoms with van der Waals surface area (Å²) in [5.74, 6) is -0.999. The molecule has 1 aliphatic rings. The van der Waals surface area contributed by atoms with Gasteiger partial charge in [0.05, 0.1) is 5.52 Å². The van der Waals surface area contributed by atoms with Gasteiger partial charge in [-0.25, -0.2) is 9.07 Å². The second-order valence-corrected chi connectivity index (χ2v) is 9.42. The number of nitrogens with one attached hydrogen (secondary N) is 1. The molecular formula is C28H29FN6O2. The van der Waals surface area contributed by atoms with Crippen molar-refractivity contribution in [2.45, 2.75) is 57.3 Å². The van der Waals surface area contributed by atoms with Crippen LogP contribution in [-0.2, 0) is 22.7 Å². The van der Waals surface area contributed by atoms with Gasteiger partial charge in [-0.15, -0.1) is 5.10 Å². The molecule has 37 heavy (non-hydrogen) atoms. The Morgan fingerprint density at radius 2 is 1.81 bits per heavy atom. The number of halogens is 1. The molecule has 5 rings (SSSR count). The summed E-state index contributed by atoms with van der Waals surface area (Å²) < 4.78 is 15.4. The summed E-state index contributed by atoms with van der Waals surface area (Å²) >= 11 is 0. The Bertz CT molecular complexity index is 1350. The standard InChI is InChI=1S/C28H29FN6O2/c29-22-14-12-21(13-15-22)27(28(37)31-23-8-2-1-3-9-23)34(18-20-7-6-16-30-17-20)26(36)19-35-25-11-5-4-10-24(25)32-33-35/h4-7,10-17,23,27H,1-3,8-9,18-19H2,(H,31,37)/t27-/m1/s1. The zero-order valence-corrected chi connectivity index (χ0v) is 20.5. The van der Waals surface area contributed by atoms with Crippen LogP contribution in [0.25, 0.3) is 11.0 Å². The van der Waals surface area contributed by atoms with Crippen molar-refractivity contribution in [3.63, 3.8) is 0 Å². The van der Waals surface area contributed by atoms with Crippen molar-refractivity contribution < 1.29 is 14.0 Å². The second-order valence-electron chi connectivity index (χ2n) is 9.42. The van der Waals surface area contributed by atoms with Crippen LogP contribution < -0.4 is 5.32 Å². The zero-order chi connectivity index (χ0) is 25.6. The number of fused-ring (bicyclic) bond motifs is 1. The van der Waals surface area contributed by atoms with Gasteiger partial charge in [-0.2, -0.15) is 0 Å². The monoisotopic (exact) mass is 500 g/mol. The molecule has 9 heteroatoms. The van der Waals surface area contributed by atoms with Crippen LogP contribution in [0.1, 0.15) is 49.3 Å². The molecule has 0 radical (unpaired) electrons. The molecule has 0 unspecified atom stereocenters. The summed E-state index contributed by atoms with van der Waals surface area (Å²) in [7, 11) is 0. The molecule has 1 aliphatic carbocycles. The van der Waals surface area contributed by atoms with E-state index in [-0.39, 0.29) is 30.9 Å². The third-order valence-electron chi connectivity index (χ3n) is 6.80. The van der Waals surface area contributed by atoms with Gasteiger partial charge in [0.25, 0.3) is 0 Å². The van der Waals surface area contributed by atoms with Crippen LogP contribution in [0.2, 0.25) is 0 Å². The van der Waals surface area contributed by atoms with E-state index in [9.17, 15) is 14.0 Å². The number of carbonyl (C=O) groups is 2. The number of hydrogen-bond acceptors (Lipinski definition) is 5. The van der Waals surface area contributed by atoms with Gasteiger partial charge in [0.15, 0.2) is 0 Å². The van der Waals surface area contributed by atoms with Crippen LogP contribution in [0.5, 0.6) is 0 Å². The quantitative estimate of drug-likeness (QED) is 0.392. The van der Waals surface area contributed by atoms with Crippen molar-refractivity contribution in [2.75, 3.05) is 0 Å². The van der Waals surface area contributed by atoms with Gasteiger partial charge in [-0.3, -0.25) is 14.6 Å². The number of benzene rings is 2. The molecule has 1 atom stereocenters. The Morgan fingerprint density at radius 1 is 1.03 bits per heavy atom. The van der Waals surface area contributed by atoms with Crippen molar-refractivity contribution in [3.8, 4) is 0 Å². The Kier molecular flexibility index (Phi) is 7.49. The maximum atomic E-state index is 13.9. The fraction of sp³-hybridized carbons (Fsp3) is 0.321. The SMILES string of the molecule is O=C(NC1CCCCC1)[C@@H](c1ccc(F)cc1)N(Cc1cccnc1)C(=O)Cn1nnc2ccccc21. The molecule has 190 valence electrons. The first-order valence-electron chi connectivity index (χ1n) is 12.6. The van der Waals surface area contributed by atoms with Crippen molar-refractivity contribution in [1.82, 2.24) is 30.2 Å². The van der Waals surface area contributed by atoms with Crippen LogP contribution >= 0.6 is 0 Å². The Hall–Kier alpha value is -4.14. The highest BCUT2D eigenvalue weighted by Gasteiger charge is 2.33. The van der Waals surface area contributed by atoms with Crippen molar-refractivity contribution in [1.29, 1.82) is 0 Å². The smallest absolute Gasteiger partial charge is 0.247 e. The maximum absolute atomic E-state index is 13.9. The molecule has 2 aromatic carbocycles. The van der Waals surface area contributed by atoms with Crippen LogP contribution in [0.4, 0.5) is 4.39 Å². The molecular weight excluding hydrogens is 471 g/mol. The molecule has 0 spiro atoms. The lowest BCUT2D eigenvalue weighted by Gasteiger charge is -2.33. The van der Waals surface area contributed by atoms with E-state index < -0.39 is 11.9 Å². The van der Waals surface area contributed by atoms with Crippen molar-refractivity contribution >= 4 is 22.8 Å². The molecule has 1 N–H and O–H groups in total. The minimum Gasteiger partial charge on any atom is -0.351 e. The average Bonchev–Trinajstić information content (AvgIpc) is 3.33. The highest BCUT2D eigenvalue weighted by atomic mass is 19.1. The lowest BCUT2D eigenvalue weighted by Crippen LogP contribution is -2.47. The summed E-state index contributed by atoms with van der Waals surface area (Å²) in [5, 5.41) is 11.5. The van der Waals surface area contributed by atoms with E-state index in [2.05, 4.69) is 20.6 Å². The van der Waals surface area contributed by atoms with E-state index in [0.717, 1.165) is 43.2 Å². The summed E-state index contributed by atoms with van der Waals surface area (Å²) in [5.41, 5.74) is 2.72. The first-order valence-corrected chi connectivity index (χ1v) is 12.6. The molecule has 2 amide bonds. The van der Waals surface area contributed by atoms with Gasteiger partial charge in [-0.05, 0) is 54.3 Å². The number of rotatable bonds is 8. The lowest BCUT2D eigenvalue weighted by molar-refractivity contribution is -0.142. The average molecular weight is 501 g/mol. The molecule has 0 saturated heterocycles. The molecule has 4 aromatic rings. The molecule has 0 aliphatic heterocycles. The minimum absolute atomic E-state index is 0.0544. The number of carbonyl (C=O) groups excluding carboxylic acids is 2. The Morgan fingerprint density at radius 3 is 2.57 bits per heavy atom. The molecule has 1 saturated carbocycles. The molecule has 1 fully saturated rings. The van der Waals surface area contributed by atoms with Gasteiger partial charge < -0.3 is 10.2 Å². The number of aromatic nitrogens is 4. The number of hydrogen-bond donors (Lipinski definition) is 1. The molecule has 2 aromatic heterocycles. The number of amides is 2. The summed E-state index contributed by atoms with van der Waals surface area (Å²) in [6.07, 6.45) is 8.42. The molecule has 2 heterocycles. The van der Waals surface area contributed by atoms with Gasteiger partial charge in [0.2, 0.25) is 11.8 Å². The summed E-state index contributed by atoms with van der Waals surface area (Å²) in [6.45, 7) is 0.0502. The first-order chi connectivity index (χ1) is 18.1. The van der Waals surface area contributed by atoms with Gasteiger partial charge in [0, 0.05) is 25.0 Å². The maximum Gasteiger partial charge on any atom is 0.247 e. The predicted molar refractivity (Wildman–Crippen MR) is 136 cm³/mol. The van der Waals surface area contributed by atoms with Crippen LogP contribution in [0, 0.1) is 5.82 Å². The topological polar surface area (TPSA) is 93.0 Å². The first kappa shape index (κ1) is 24.5. The minimum atomic E-state index is -0.954. The zero-order valence-electron chi connectivity index (χ0n) is 20.5. The van der Waals surface area contributed by atoms with E-state index in [4.69, 9.17) is 0 Å². The Labute approximate surface area is 214 Å². The number of nitrogens with zero attached hydrogens (tertiary/aromatic N) is 5. The Balaban J connectivity index is 1.50. The van der Waals surface area contributed by atoms with Crippen LogP contribution in [-0.4, -0.2) is 42.7 Å². The van der Waals surface area contributed by atoms with E-state index in [1.807, 2.05) is 30.3 Å². The predicted octanol–water partition coefficient (Wildman–Crippen LogP) is 4.18. The van der Waals surface area contributed by atoms with Gasteiger partial charge in [0.1, 0.15) is 23.9 Å². The van der Waals surface area contributed by atoms with Crippen molar-refractivity contribution in [3.05, 3.63) is 90.0 Å². The fourth-order valence-electron chi connectivity index (χ4n) is 4.91. The van der Waals surface area contributed by atoms with Crippen molar-refractivity contribution in [2.24, 2.45) is 0 Å². The molecule has 0 bridgehead atoms.